The molecule has 25 heavy (non-hydrogen) atoms. The maximum Gasteiger partial charge on any atom is 0.265 e. The maximum atomic E-state index is 12.4. The second kappa shape index (κ2) is 8.53. The molecule has 1 unspecified atom stereocenters. The molecule has 0 saturated carbocycles. The quantitative estimate of drug-likeness (QED) is 0.821. The van der Waals surface area contributed by atoms with E-state index in [0.29, 0.717) is 22.0 Å². The van der Waals surface area contributed by atoms with Crippen LogP contribution in [0.25, 0.3) is 0 Å². The molecule has 0 aromatic heterocycles. The van der Waals surface area contributed by atoms with Gasteiger partial charge in [0, 0.05) is 11.1 Å². The Morgan fingerprint density at radius 1 is 1.04 bits per heavy atom. The van der Waals surface area contributed by atoms with Gasteiger partial charge in [0.05, 0.1) is 11.3 Å². The van der Waals surface area contributed by atoms with Gasteiger partial charge >= 0.3 is 0 Å². The molecule has 0 aliphatic rings. The Balaban J connectivity index is 2.08. The summed E-state index contributed by atoms with van der Waals surface area (Å²) in [6, 6.07) is 13.7. The summed E-state index contributed by atoms with van der Waals surface area (Å²) in [5, 5.41) is 6.08. The van der Waals surface area contributed by atoms with Crippen molar-refractivity contribution in [2.45, 2.75) is 32.9 Å². The minimum absolute atomic E-state index is 0.00124. The molecule has 0 aliphatic carbocycles. The normalized spacial score (nSPS) is 11.7. The number of amides is 2. The molecule has 0 radical (unpaired) electrons. The van der Waals surface area contributed by atoms with E-state index in [1.807, 2.05) is 13.8 Å². The molecular weight excluding hydrogens is 340 g/mol. The van der Waals surface area contributed by atoms with Gasteiger partial charge < -0.3 is 15.4 Å². The number of benzene rings is 2. The SMILES string of the molecule is CC(C)NC(=O)c1ccccc1NC(=O)C(C)Oc1cccc(Cl)c1. The van der Waals surface area contributed by atoms with E-state index < -0.39 is 6.10 Å². The Morgan fingerprint density at radius 3 is 2.44 bits per heavy atom. The first kappa shape index (κ1) is 18.8. The fraction of sp³-hybridized carbons (Fsp3) is 0.263. The van der Waals surface area contributed by atoms with Gasteiger partial charge in [0.2, 0.25) is 0 Å². The van der Waals surface area contributed by atoms with Gasteiger partial charge in [-0.05, 0) is 51.1 Å². The van der Waals surface area contributed by atoms with Gasteiger partial charge in [-0.25, -0.2) is 0 Å². The van der Waals surface area contributed by atoms with E-state index in [4.69, 9.17) is 16.3 Å². The van der Waals surface area contributed by atoms with Crippen LogP contribution in [-0.2, 0) is 4.79 Å². The predicted octanol–water partition coefficient (Wildman–Crippen LogP) is 3.88. The molecule has 0 spiro atoms. The second-order valence-corrected chi connectivity index (χ2v) is 6.32. The molecule has 0 heterocycles. The van der Waals surface area contributed by atoms with E-state index in [1.165, 1.54) is 0 Å². The van der Waals surface area contributed by atoms with Crippen molar-refractivity contribution in [2.75, 3.05) is 5.32 Å². The lowest BCUT2D eigenvalue weighted by molar-refractivity contribution is -0.122. The largest absolute Gasteiger partial charge is 0.481 e. The van der Waals surface area contributed by atoms with E-state index in [0.717, 1.165) is 0 Å². The Morgan fingerprint density at radius 2 is 1.76 bits per heavy atom. The highest BCUT2D eigenvalue weighted by Crippen LogP contribution is 2.20. The zero-order chi connectivity index (χ0) is 18.4. The molecule has 2 rings (SSSR count). The second-order valence-electron chi connectivity index (χ2n) is 5.88. The number of para-hydroxylation sites is 1. The summed E-state index contributed by atoms with van der Waals surface area (Å²) in [4.78, 5) is 24.6. The molecule has 2 amide bonds. The van der Waals surface area contributed by atoms with Crippen LogP contribution in [0.3, 0.4) is 0 Å². The third kappa shape index (κ3) is 5.50. The molecule has 2 N–H and O–H groups in total. The average Bonchev–Trinajstić information content (AvgIpc) is 2.54. The molecule has 2 aromatic carbocycles. The van der Waals surface area contributed by atoms with Crippen LogP contribution in [0.1, 0.15) is 31.1 Å². The summed E-state index contributed by atoms with van der Waals surface area (Å²) >= 11 is 5.91. The van der Waals surface area contributed by atoms with Crippen molar-refractivity contribution in [3.8, 4) is 5.75 Å². The summed E-state index contributed by atoms with van der Waals surface area (Å²) in [6.07, 6.45) is -0.750. The van der Waals surface area contributed by atoms with E-state index in [2.05, 4.69) is 10.6 Å². The zero-order valence-electron chi connectivity index (χ0n) is 14.4. The topological polar surface area (TPSA) is 67.4 Å². The summed E-state index contributed by atoms with van der Waals surface area (Å²) in [5.41, 5.74) is 0.840. The number of rotatable bonds is 6. The Labute approximate surface area is 152 Å². The molecule has 2 aromatic rings. The fourth-order valence-corrected chi connectivity index (χ4v) is 2.34. The van der Waals surface area contributed by atoms with Crippen LogP contribution in [0.5, 0.6) is 5.75 Å². The third-order valence-corrected chi connectivity index (χ3v) is 3.56. The Hall–Kier alpha value is -2.53. The number of anilines is 1. The number of nitrogens with one attached hydrogen (secondary N) is 2. The van der Waals surface area contributed by atoms with Crippen LogP contribution in [0.2, 0.25) is 5.02 Å². The summed E-state index contributed by atoms with van der Waals surface area (Å²) < 4.78 is 5.60. The van der Waals surface area contributed by atoms with Gasteiger partial charge in [0.15, 0.2) is 6.10 Å². The number of hydrogen-bond acceptors (Lipinski definition) is 3. The molecule has 0 saturated heterocycles. The van der Waals surface area contributed by atoms with Gasteiger partial charge in [-0.2, -0.15) is 0 Å². The van der Waals surface area contributed by atoms with Crippen LogP contribution >= 0.6 is 11.6 Å². The smallest absolute Gasteiger partial charge is 0.265 e. The first-order valence-electron chi connectivity index (χ1n) is 8.00. The molecule has 0 fully saturated rings. The van der Waals surface area contributed by atoms with Crippen molar-refractivity contribution in [3.63, 3.8) is 0 Å². The number of carbonyl (C=O) groups is 2. The van der Waals surface area contributed by atoms with Gasteiger partial charge in [-0.15, -0.1) is 0 Å². The molecule has 1 atom stereocenters. The lowest BCUT2D eigenvalue weighted by atomic mass is 10.1. The molecular formula is C19H21ClN2O3. The fourth-order valence-electron chi connectivity index (χ4n) is 2.16. The first-order valence-corrected chi connectivity index (χ1v) is 8.37. The average molecular weight is 361 g/mol. The number of ether oxygens (including phenoxy) is 1. The Kier molecular flexibility index (Phi) is 6.42. The highest BCUT2D eigenvalue weighted by molar-refractivity contribution is 6.30. The first-order chi connectivity index (χ1) is 11.9. The van der Waals surface area contributed by atoms with Crippen molar-refractivity contribution in [1.82, 2.24) is 5.32 Å². The summed E-state index contributed by atoms with van der Waals surface area (Å²) in [6.45, 7) is 5.38. The summed E-state index contributed by atoms with van der Waals surface area (Å²) in [5.74, 6) is -0.0972. The monoisotopic (exact) mass is 360 g/mol. The van der Waals surface area contributed by atoms with Crippen molar-refractivity contribution < 1.29 is 14.3 Å². The Bertz CT molecular complexity index is 762. The standard InChI is InChI=1S/C19H21ClN2O3/c1-12(2)21-19(24)16-9-4-5-10-17(16)22-18(23)13(3)25-15-8-6-7-14(20)11-15/h4-13H,1-3H3,(H,21,24)(H,22,23). The lowest BCUT2D eigenvalue weighted by Crippen LogP contribution is -2.33. The van der Waals surface area contributed by atoms with E-state index in [1.54, 1.807) is 55.5 Å². The number of carbonyl (C=O) groups excluding carboxylic acids is 2. The lowest BCUT2D eigenvalue weighted by Gasteiger charge is -2.17. The third-order valence-electron chi connectivity index (χ3n) is 3.33. The van der Waals surface area contributed by atoms with Gasteiger partial charge in [-0.3, -0.25) is 9.59 Å². The number of halogens is 1. The van der Waals surface area contributed by atoms with Crippen molar-refractivity contribution in [1.29, 1.82) is 0 Å². The van der Waals surface area contributed by atoms with E-state index >= 15 is 0 Å². The van der Waals surface area contributed by atoms with E-state index in [-0.39, 0.29) is 17.9 Å². The van der Waals surface area contributed by atoms with Crippen LogP contribution in [0.15, 0.2) is 48.5 Å². The highest BCUT2D eigenvalue weighted by Gasteiger charge is 2.18. The molecule has 5 nitrogen and oxygen atoms in total. The highest BCUT2D eigenvalue weighted by atomic mass is 35.5. The summed E-state index contributed by atoms with van der Waals surface area (Å²) in [7, 11) is 0. The maximum absolute atomic E-state index is 12.4. The predicted molar refractivity (Wildman–Crippen MR) is 99.2 cm³/mol. The minimum Gasteiger partial charge on any atom is -0.481 e. The van der Waals surface area contributed by atoms with Gasteiger partial charge in [0.25, 0.3) is 11.8 Å². The van der Waals surface area contributed by atoms with E-state index in [9.17, 15) is 9.59 Å². The molecule has 132 valence electrons. The van der Waals surface area contributed by atoms with Crippen LogP contribution in [0, 0.1) is 0 Å². The van der Waals surface area contributed by atoms with Crippen LogP contribution in [0.4, 0.5) is 5.69 Å². The zero-order valence-corrected chi connectivity index (χ0v) is 15.1. The van der Waals surface area contributed by atoms with Crippen LogP contribution in [-0.4, -0.2) is 24.0 Å². The minimum atomic E-state index is -0.750. The van der Waals surface area contributed by atoms with Gasteiger partial charge in [0.1, 0.15) is 5.75 Å². The van der Waals surface area contributed by atoms with Crippen molar-refractivity contribution in [3.05, 3.63) is 59.1 Å². The number of hydrogen-bond donors (Lipinski definition) is 2. The molecule has 0 bridgehead atoms. The van der Waals surface area contributed by atoms with Gasteiger partial charge in [-0.1, -0.05) is 29.8 Å². The molecule has 6 heteroatoms. The van der Waals surface area contributed by atoms with Crippen LogP contribution < -0.4 is 15.4 Å². The van der Waals surface area contributed by atoms with Crippen molar-refractivity contribution in [2.24, 2.45) is 0 Å². The van der Waals surface area contributed by atoms with Crippen molar-refractivity contribution >= 4 is 29.1 Å². The molecule has 0 aliphatic heterocycles.